The third-order valence-electron chi connectivity index (χ3n) is 1.94. The highest BCUT2D eigenvalue weighted by Gasteiger charge is 1.99. The normalized spacial score (nSPS) is 11.8. The second kappa shape index (κ2) is 4.38. The molecule has 0 aliphatic carbocycles. The molecule has 0 spiro atoms. The van der Waals surface area contributed by atoms with Crippen LogP contribution in [0, 0.1) is 0 Å². The van der Waals surface area contributed by atoms with Crippen molar-refractivity contribution in [2.45, 2.75) is 27.2 Å². The molecule has 0 fully saturated rings. The van der Waals surface area contributed by atoms with E-state index in [0.29, 0.717) is 0 Å². The molecule has 0 aliphatic heterocycles. The Morgan fingerprint density at radius 3 is 2.62 bits per heavy atom. The number of carbonyl (C=O) groups excluding carboxylic acids is 1. The van der Waals surface area contributed by atoms with Crippen LogP contribution in [0.5, 0.6) is 0 Å². The van der Waals surface area contributed by atoms with Gasteiger partial charge in [0.15, 0.2) is 5.78 Å². The fourth-order valence-electron chi connectivity index (χ4n) is 0.977. The molecule has 1 nitrogen and oxygen atoms in total. The number of thiophene rings is 1. The van der Waals surface area contributed by atoms with E-state index in [1.807, 2.05) is 13.0 Å². The maximum absolute atomic E-state index is 11.0. The topological polar surface area (TPSA) is 17.1 Å². The van der Waals surface area contributed by atoms with Gasteiger partial charge in [0.05, 0.1) is 0 Å². The summed E-state index contributed by atoms with van der Waals surface area (Å²) in [6.07, 6.45) is 3.02. The summed E-state index contributed by atoms with van der Waals surface area (Å²) in [4.78, 5) is 13.5. The molecule has 0 atom stereocenters. The lowest BCUT2D eigenvalue weighted by Crippen LogP contribution is -1.89. The molecule has 0 N–H and O–H groups in total. The van der Waals surface area contributed by atoms with E-state index >= 15 is 0 Å². The molecule has 0 amide bonds. The Balaban J connectivity index is 2.84. The fraction of sp³-hybridized carbons (Fsp3) is 0.364. The summed E-state index contributed by atoms with van der Waals surface area (Å²) in [5.74, 6) is 0.145. The molecule has 1 heterocycles. The zero-order valence-corrected chi connectivity index (χ0v) is 9.07. The molecule has 0 bridgehead atoms. The molecule has 0 radical (unpaired) electrons. The molecule has 1 rings (SSSR count). The van der Waals surface area contributed by atoms with Crippen LogP contribution in [0.4, 0.5) is 0 Å². The van der Waals surface area contributed by atoms with Gasteiger partial charge >= 0.3 is 0 Å². The summed E-state index contributed by atoms with van der Waals surface area (Å²) in [7, 11) is 0. The van der Waals surface area contributed by atoms with Gasteiger partial charge in [-0.3, -0.25) is 4.79 Å². The van der Waals surface area contributed by atoms with E-state index in [2.05, 4.69) is 19.1 Å². The SMILES string of the molecule is CCc1ccc(/C=C(/C)C(C)=O)s1. The van der Waals surface area contributed by atoms with Crippen molar-refractivity contribution in [2.24, 2.45) is 0 Å². The van der Waals surface area contributed by atoms with E-state index < -0.39 is 0 Å². The van der Waals surface area contributed by atoms with Crippen LogP contribution in [0.1, 0.15) is 30.5 Å². The molecule has 0 aliphatic rings. The second-order valence-corrected chi connectivity index (χ2v) is 4.24. The highest BCUT2D eigenvalue weighted by molar-refractivity contribution is 7.12. The van der Waals surface area contributed by atoms with Crippen LogP contribution in [-0.4, -0.2) is 5.78 Å². The van der Waals surface area contributed by atoms with Gasteiger partial charge in [0.2, 0.25) is 0 Å². The highest BCUT2D eigenvalue weighted by atomic mass is 32.1. The maximum atomic E-state index is 11.0. The quantitative estimate of drug-likeness (QED) is 0.675. The Morgan fingerprint density at radius 1 is 1.46 bits per heavy atom. The van der Waals surface area contributed by atoms with Crippen LogP contribution in [0.2, 0.25) is 0 Å². The predicted octanol–water partition coefficient (Wildman–Crippen LogP) is 3.30. The number of allylic oxidation sites excluding steroid dienone is 1. The lowest BCUT2D eigenvalue weighted by atomic mass is 10.2. The summed E-state index contributed by atoms with van der Waals surface area (Å²) in [6.45, 7) is 5.59. The van der Waals surface area contributed by atoms with Gasteiger partial charge in [0, 0.05) is 9.75 Å². The van der Waals surface area contributed by atoms with Crippen molar-refractivity contribution >= 4 is 23.2 Å². The van der Waals surface area contributed by atoms with E-state index in [0.717, 1.165) is 12.0 Å². The highest BCUT2D eigenvalue weighted by Crippen LogP contribution is 2.19. The van der Waals surface area contributed by atoms with Crippen LogP contribution in [0.25, 0.3) is 6.08 Å². The minimum Gasteiger partial charge on any atom is -0.295 e. The first kappa shape index (κ1) is 10.2. The zero-order valence-electron chi connectivity index (χ0n) is 8.26. The van der Waals surface area contributed by atoms with Gasteiger partial charge in [-0.25, -0.2) is 0 Å². The lowest BCUT2D eigenvalue weighted by molar-refractivity contribution is -0.113. The smallest absolute Gasteiger partial charge is 0.155 e. The molecule has 2 heteroatoms. The van der Waals surface area contributed by atoms with E-state index in [1.54, 1.807) is 18.3 Å². The number of ketones is 1. The predicted molar refractivity (Wildman–Crippen MR) is 58.0 cm³/mol. The molecule has 1 aromatic heterocycles. The minimum atomic E-state index is 0.145. The van der Waals surface area contributed by atoms with Gasteiger partial charge in [0.1, 0.15) is 0 Å². The summed E-state index contributed by atoms with van der Waals surface area (Å²) >= 11 is 1.75. The van der Waals surface area contributed by atoms with Crippen LogP contribution in [-0.2, 0) is 11.2 Å². The molecular formula is C11H14OS. The molecule has 0 saturated carbocycles. The Morgan fingerprint density at radius 2 is 2.15 bits per heavy atom. The van der Waals surface area contributed by atoms with E-state index in [9.17, 15) is 4.79 Å². The average molecular weight is 194 g/mol. The van der Waals surface area contributed by atoms with Crippen molar-refractivity contribution < 1.29 is 4.79 Å². The van der Waals surface area contributed by atoms with Crippen molar-refractivity contribution in [3.05, 3.63) is 27.5 Å². The summed E-state index contributed by atoms with van der Waals surface area (Å²) in [6, 6.07) is 4.18. The minimum absolute atomic E-state index is 0.145. The number of carbonyl (C=O) groups is 1. The van der Waals surface area contributed by atoms with Crippen LogP contribution in [0.3, 0.4) is 0 Å². The van der Waals surface area contributed by atoms with Gasteiger partial charge in [-0.1, -0.05) is 6.92 Å². The molecule has 0 saturated heterocycles. The molecule has 70 valence electrons. The third kappa shape index (κ3) is 2.81. The Hall–Kier alpha value is -0.890. The van der Waals surface area contributed by atoms with Crippen molar-refractivity contribution in [3.63, 3.8) is 0 Å². The Labute approximate surface area is 83.1 Å². The standard InChI is InChI=1S/C11H14OS/c1-4-10-5-6-11(13-10)7-8(2)9(3)12/h5-7H,4H2,1-3H3/b8-7-. The number of hydrogen-bond donors (Lipinski definition) is 0. The molecular weight excluding hydrogens is 180 g/mol. The summed E-state index contributed by atoms with van der Waals surface area (Å²) in [5, 5.41) is 0. The van der Waals surface area contributed by atoms with Gasteiger partial charge in [0.25, 0.3) is 0 Å². The molecule has 13 heavy (non-hydrogen) atoms. The zero-order chi connectivity index (χ0) is 9.84. The van der Waals surface area contributed by atoms with Gasteiger partial charge in [-0.15, -0.1) is 11.3 Å². The van der Waals surface area contributed by atoms with Gasteiger partial charge in [-0.2, -0.15) is 0 Å². The first-order valence-electron chi connectivity index (χ1n) is 4.41. The molecule has 0 unspecified atom stereocenters. The monoisotopic (exact) mass is 194 g/mol. The lowest BCUT2D eigenvalue weighted by Gasteiger charge is -1.91. The first-order chi connectivity index (χ1) is 6.13. The largest absolute Gasteiger partial charge is 0.295 e. The average Bonchev–Trinajstić information content (AvgIpc) is 2.52. The van der Waals surface area contributed by atoms with Crippen LogP contribution in [0.15, 0.2) is 17.7 Å². The van der Waals surface area contributed by atoms with Crippen molar-refractivity contribution in [3.8, 4) is 0 Å². The maximum Gasteiger partial charge on any atom is 0.155 e. The summed E-state index contributed by atoms with van der Waals surface area (Å²) < 4.78 is 0. The Kier molecular flexibility index (Phi) is 3.43. The summed E-state index contributed by atoms with van der Waals surface area (Å²) in [5.41, 5.74) is 0.824. The second-order valence-electron chi connectivity index (χ2n) is 3.04. The van der Waals surface area contributed by atoms with Crippen molar-refractivity contribution in [1.29, 1.82) is 0 Å². The Bertz CT molecular complexity index is 334. The van der Waals surface area contributed by atoms with Crippen molar-refractivity contribution in [2.75, 3.05) is 0 Å². The van der Waals surface area contributed by atoms with Gasteiger partial charge in [-0.05, 0) is 44.1 Å². The van der Waals surface area contributed by atoms with Crippen LogP contribution >= 0.6 is 11.3 Å². The van der Waals surface area contributed by atoms with E-state index in [4.69, 9.17) is 0 Å². The van der Waals surface area contributed by atoms with Crippen LogP contribution < -0.4 is 0 Å². The van der Waals surface area contributed by atoms with E-state index in [-0.39, 0.29) is 5.78 Å². The van der Waals surface area contributed by atoms with Gasteiger partial charge < -0.3 is 0 Å². The fourth-order valence-corrected chi connectivity index (χ4v) is 1.93. The number of aryl methyl sites for hydroxylation is 1. The first-order valence-corrected chi connectivity index (χ1v) is 5.23. The number of hydrogen-bond acceptors (Lipinski definition) is 2. The molecule has 0 aromatic carbocycles. The number of rotatable bonds is 3. The number of Topliss-reactive ketones (excluding diaryl/α,β-unsaturated/α-hetero) is 1. The van der Waals surface area contributed by atoms with Crippen molar-refractivity contribution in [1.82, 2.24) is 0 Å². The third-order valence-corrected chi connectivity index (χ3v) is 3.12. The molecule has 1 aromatic rings. The van der Waals surface area contributed by atoms with E-state index in [1.165, 1.54) is 9.75 Å².